The lowest BCUT2D eigenvalue weighted by atomic mass is 9.64. The fourth-order valence-electron chi connectivity index (χ4n) is 23.4. The van der Waals surface area contributed by atoms with Crippen LogP contribution in [0.1, 0.15) is 66.8 Å². The Morgan fingerprint density at radius 1 is 0.155 bits per heavy atom. The normalized spacial score (nSPS) is 15.5. The van der Waals surface area contributed by atoms with Gasteiger partial charge in [-0.15, -0.1) is 0 Å². The van der Waals surface area contributed by atoms with Crippen LogP contribution in [0.4, 0.5) is 0 Å². The van der Waals surface area contributed by atoms with Crippen LogP contribution in [0.25, 0.3) is 171 Å². The Balaban J connectivity index is 0.810. The molecule has 0 bridgehead atoms. The third kappa shape index (κ3) is 6.50. The molecule has 3 nitrogen and oxygen atoms in total. The number of nitrogens with zero attached hydrogens (tertiary/aromatic N) is 3. The number of rotatable bonds is 3. The minimum Gasteiger partial charge on any atom is -0.309 e. The summed E-state index contributed by atoms with van der Waals surface area (Å²) in [5.74, 6) is 0. The molecule has 27 rings (SSSR count). The highest BCUT2D eigenvalue weighted by atomic mass is 15.0. The van der Waals surface area contributed by atoms with Crippen molar-refractivity contribution >= 4 is 87.0 Å². The molecule has 0 amide bonds. The van der Waals surface area contributed by atoms with E-state index in [0.29, 0.717) is 0 Å². The quantitative estimate of drug-likeness (QED) is 0.157. The Morgan fingerprint density at radius 2 is 0.436 bits per heavy atom. The third-order valence-electron chi connectivity index (χ3n) is 27.0. The Hall–Kier alpha value is -14.1. The predicted molar refractivity (Wildman–Crippen MR) is 453 cm³/mol. The molecule has 3 aliphatic heterocycles. The topological polar surface area (TPSA) is 14.8 Å². The molecule has 110 heavy (non-hydrogen) atoms. The third-order valence-corrected chi connectivity index (χ3v) is 27.0. The summed E-state index contributed by atoms with van der Waals surface area (Å²) in [4.78, 5) is 0. The first-order valence-electron chi connectivity index (χ1n) is 38.7. The van der Waals surface area contributed by atoms with Gasteiger partial charge in [-0.25, -0.2) is 0 Å². The molecular weight excluding hydrogens is 1330 g/mol. The van der Waals surface area contributed by atoms with E-state index in [-0.39, 0.29) is 0 Å². The number of aromatic nitrogens is 3. The molecule has 18 aromatic carbocycles. The molecule has 3 aliphatic carbocycles. The molecular formula is C107H61N3. The number of benzene rings is 18. The summed E-state index contributed by atoms with van der Waals surface area (Å²) in [5.41, 5.74) is 39.6. The van der Waals surface area contributed by atoms with Gasteiger partial charge in [0.15, 0.2) is 0 Å². The van der Waals surface area contributed by atoms with Crippen LogP contribution in [0, 0.1) is 0 Å². The lowest BCUT2D eigenvalue weighted by molar-refractivity contribution is 0.748. The second kappa shape index (κ2) is 20.3. The fourth-order valence-corrected chi connectivity index (χ4v) is 23.4. The minimum absolute atomic E-state index is 0.640. The fraction of sp³-hybridized carbons (Fsp3) is 0.0280. The summed E-state index contributed by atoms with van der Waals surface area (Å²) in [6.07, 6.45) is 0. The zero-order valence-corrected chi connectivity index (χ0v) is 59.6. The first-order valence-corrected chi connectivity index (χ1v) is 38.7. The molecule has 6 heterocycles. The summed E-state index contributed by atoms with van der Waals surface area (Å²) >= 11 is 0. The van der Waals surface area contributed by atoms with Gasteiger partial charge >= 0.3 is 0 Å². The molecule has 3 heteroatoms. The first-order chi connectivity index (χ1) is 54.7. The van der Waals surface area contributed by atoms with Crippen molar-refractivity contribution in [2.45, 2.75) is 16.2 Å². The summed E-state index contributed by atoms with van der Waals surface area (Å²) in [6.45, 7) is 0. The lowest BCUT2D eigenvalue weighted by Crippen LogP contribution is -2.33. The molecule has 6 aliphatic rings. The van der Waals surface area contributed by atoms with E-state index >= 15 is 0 Å². The van der Waals surface area contributed by atoms with E-state index in [2.05, 4.69) is 384 Å². The number of hydrogen-bond donors (Lipinski definition) is 0. The number of para-hydroxylation sites is 9. The molecule has 1 atom stereocenters. The average Bonchev–Trinajstić information content (AvgIpc) is 1.49. The van der Waals surface area contributed by atoms with Crippen LogP contribution in [-0.4, -0.2) is 13.7 Å². The van der Waals surface area contributed by atoms with Crippen molar-refractivity contribution in [1.29, 1.82) is 0 Å². The lowest BCUT2D eigenvalue weighted by Gasteiger charge is -2.40. The van der Waals surface area contributed by atoms with Gasteiger partial charge in [-0.05, 0) is 174 Å². The summed E-state index contributed by atoms with van der Waals surface area (Å²) in [7, 11) is 0. The van der Waals surface area contributed by atoms with Gasteiger partial charge in [0, 0.05) is 43.4 Å². The highest BCUT2D eigenvalue weighted by Crippen LogP contribution is 2.67. The van der Waals surface area contributed by atoms with Gasteiger partial charge in [0.1, 0.15) is 0 Å². The smallest absolute Gasteiger partial charge is 0.0754 e. The van der Waals surface area contributed by atoms with Crippen molar-refractivity contribution in [1.82, 2.24) is 13.7 Å². The van der Waals surface area contributed by atoms with E-state index in [1.165, 1.54) is 238 Å². The van der Waals surface area contributed by atoms with Gasteiger partial charge in [-0.2, -0.15) is 0 Å². The van der Waals surface area contributed by atoms with Gasteiger partial charge in [-0.1, -0.05) is 340 Å². The molecule has 0 saturated carbocycles. The molecule has 3 spiro atoms. The van der Waals surface area contributed by atoms with Crippen molar-refractivity contribution in [3.05, 3.63) is 437 Å². The van der Waals surface area contributed by atoms with E-state index in [0.717, 1.165) is 0 Å². The monoisotopic (exact) mass is 1390 g/mol. The first kappa shape index (κ1) is 58.1. The van der Waals surface area contributed by atoms with Crippen LogP contribution in [0.15, 0.2) is 370 Å². The highest BCUT2D eigenvalue weighted by Gasteiger charge is 2.55. The molecule has 1 unspecified atom stereocenters. The Morgan fingerprint density at radius 3 is 0.900 bits per heavy atom. The van der Waals surface area contributed by atoms with Crippen molar-refractivity contribution < 1.29 is 0 Å². The van der Waals surface area contributed by atoms with E-state index in [1.807, 2.05) is 0 Å². The maximum Gasteiger partial charge on any atom is 0.0754 e. The molecule has 0 saturated heterocycles. The molecule has 21 aromatic rings. The van der Waals surface area contributed by atoms with Gasteiger partial charge in [-0.3, -0.25) is 0 Å². The summed E-state index contributed by atoms with van der Waals surface area (Å²) in [5, 5.41) is 12.4. The second-order valence-corrected chi connectivity index (χ2v) is 31.3. The maximum atomic E-state index is 2.67. The highest BCUT2D eigenvalue weighted by molar-refractivity contribution is 6.24. The van der Waals surface area contributed by atoms with Crippen LogP contribution in [0.3, 0.4) is 0 Å². The van der Waals surface area contributed by atoms with E-state index in [9.17, 15) is 0 Å². The van der Waals surface area contributed by atoms with Crippen molar-refractivity contribution in [2.75, 3.05) is 0 Å². The predicted octanol–water partition coefficient (Wildman–Crippen LogP) is 26.3. The largest absolute Gasteiger partial charge is 0.309 e. The minimum atomic E-state index is -0.672. The average molecular weight is 1390 g/mol. The molecule has 0 N–H and O–H groups in total. The van der Waals surface area contributed by atoms with Crippen molar-refractivity contribution in [3.63, 3.8) is 0 Å². The summed E-state index contributed by atoms with van der Waals surface area (Å²) < 4.78 is 7.90. The zero-order valence-electron chi connectivity index (χ0n) is 59.6. The Labute approximate surface area is 633 Å². The summed E-state index contributed by atoms with van der Waals surface area (Å²) in [6, 6.07) is 144. The van der Waals surface area contributed by atoms with E-state index in [4.69, 9.17) is 0 Å². The van der Waals surface area contributed by atoms with Crippen LogP contribution in [-0.2, 0) is 16.2 Å². The second-order valence-electron chi connectivity index (χ2n) is 31.3. The van der Waals surface area contributed by atoms with Crippen LogP contribution in [0.5, 0.6) is 0 Å². The molecule has 0 fully saturated rings. The SMILES string of the molecule is c1ccc2c(c1)-c1c(-c3c4cccc(-c5cccc6c5-n5c7ccccc7c7cccc(c75)C65c6ccccc6-c6ccccc65)c4cc4c(-c5cccc6c5-n5c7ccccc7c7cccc(c75)C65c6ccccc6-c6ccccc65)cccc34)cccc1C21c2ccccc2-n2c3ccccc3c3cccc1c32. The standard InChI is InChI=1S/C107H61N3/c1-9-45-82-64(27-1)65-28-2-10-46-83(65)105(82)90-53-21-39-73(101(90)109-95-58-16-7-32-69(95)76-42-24-55-92(105)103(76)109)62-35-19-37-71-80(62)61-81-63(74-40-22-54-91-102(74)110-96-59-17-8-33-70(96)77-43-25-56-93(104(77)110)106(91)84-47-11-3-29-66(84)67-30-4-12-48-85(67)106)36-20-38-72(81)98(71)79-44-26-51-88-99(79)78-34-5-13-49-86(78)107(88)87-50-14-18-60-97(87)108-94-57-15-6-31-68(94)75-41-23-52-89(107)100(75)108/h1-61H. The van der Waals surface area contributed by atoms with Crippen molar-refractivity contribution in [2.24, 2.45) is 0 Å². The van der Waals surface area contributed by atoms with Gasteiger partial charge in [0.2, 0.25) is 0 Å². The number of hydrogen-bond acceptors (Lipinski definition) is 0. The molecule has 3 aromatic heterocycles. The van der Waals surface area contributed by atoms with Crippen LogP contribution < -0.4 is 0 Å². The van der Waals surface area contributed by atoms with Crippen molar-refractivity contribution in [3.8, 4) is 83.8 Å². The van der Waals surface area contributed by atoms with E-state index in [1.54, 1.807) is 0 Å². The molecule has 0 radical (unpaired) electrons. The maximum absolute atomic E-state index is 2.67. The zero-order chi connectivity index (χ0) is 71.2. The van der Waals surface area contributed by atoms with Gasteiger partial charge in [0.25, 0.3) is 0 Å². The number of fused-ring (bicyclic) bond motifs is 38. The van der Waals surface area contributed by atoms with Crippen LogP contribution in [0.2, 0.25) is 0 Å². The van der Waals surface area contributed by atoms with E-state index < -0.39 is 16.2 Å². The molecule has 504 valence electrons. The van der Waals surface area contributed by atoms with Crippen LogP contribution >= 0.6 is 0 Å². The Kier molecular flexibility index (Phi) is 10.7. The van der Waals surface area contributed by atoms with Gasteiger partial charge in [0.05, 0.1) is 66.4 Å². The Bertz CT molecular complexity index is 7460. The van der Waals surface area contributed by atoms with Gasteiger partial charge < -0.3 is 13.7 Å².